The average Bonchev–Trinajstić information content (AvgIpc) is 3.16. The molecule has 0 atom stereocenters. The van der Waals surface area contributed by atoms with Crippen LogP contribution in [0.5, 0.6) is 0 Å². The van der Waals surface area contributed by atoms with E-state index in [1.807, 2.05) is 0 Å². The number of aromatic nitrogens is 4. The fraction of sp³-hybridized carbons (Fsp3) is 0.200. The summed E-state index contributed by atoms with van der Waals surface area (Å²) in [4.78, 5) is 25.5. The van der Waals surface area contributed by atoms with Gasteiger partial charge in [-0.1, -0.05) is 12.1 Å². The van der Waals surface area contributed by atoms with Crippen LogP contribution in [0.1, 0.15) is 5.82 Å². The molecule has 36 heavy (non-hydrogen) atoms. The van der Waals surface area contributed by atoms with E-state index < -0.39 is 33.8 Å². The van der Waals surface area contributed by atoms with E-state index >= 15 is 0 Å². The van der Waals surface area contributed by atoms with Crippen molar-refractivity contribution in [3.8, 4) is 16.9 Å². The Morgan fingerprint density at radius 3 is 2.14 bits per heavy atom. The molecule has 0 bridgehead atoms. The number of nitrogens with two attached hydrogens (primary N) is 1. The maximum Gasteiger partial charge on any atom is 0.490 e. The number of halogens is 5. The van der Waals surface area contributed by atoms with Crippen molar-refractivity contribution < 1.29 is 40.3 Å². The molecule has 0 saturated heterocycles. The molecular formula is C20H18F5N5O5S. The fourth-order valence-corrected chi connectivity index (χ4v) is 3.31. The van der Waals surface area contributed by atoms with Gasteiger partial charge in [0.15, 0.2) is 9.84 Å². The average molecular weight is 535 g/mol. The Morgan fingerprint density at radius 1 is 1.14 bits per heavy atom. The third-order valence-electron chi connectivity index (χ3n) is 4.45. The second kappa shape index (κ2) is 11.2. The van der Waals surface area contributed by atoms with Crippen LogP contribution in [0, 0.1) is 0 Å². The Hall–Kier alpha value is -3.92. The van der Waals surface area contributed by atoms with Gasteiger partial charge < -0.3 is 10.8 Å². The molecule has 1 aromatic carbocycles. The molecule has 0 spiro atoms. The van der Waals surface area contributed by atoms with E-state index in [0.29, 0.717) is 16.9 Å². The van der Waals surface area contributed by atoms with E-state index in [9.17, 15) is 35.2 Å². The van der Waals surface area contributed by atoms with Crippen molar-refractivity contribution in [1.29, 1.82) is 0 Å². The lowest BCUT2D eigenvalue weighted by molar-refractivity contribution is -0.192. The summed E-state index contributed by atoms with van der Waals surface area (Å²) >= 11 is 0. The second-order valence-electron chi connectivity index (χ2n) is 7.03. The lowest BCUT2D eigenvalue weighted by atomic mass is 10.1. The van der Waals surface area contributed by atoms with Gasteiger partial charge in [0.25, 0.3) is 6.08 Å². The van der Waals surface area contributed by atoms with Crippen LogP contribution in [0.3, 0.4) is 0 Å². The number of aromatic amines is 1. The second-order valence-corrected chi connectivity index (χ2v) is 9.04. The van der Waals surface area contributed by atoms with E-state index in [0.717, 1.165) is 10.8 Å². The molecule has 4 N–H and O–H groups in total. The Morgan fingerprint density at radius 2 is 1.72 bits per heavy atom. The summed E-state index contributed by atoms with van der Waals surface area (Å²) in [6.07, 6.45) is -4.75. The smallest absolute Gasteiger partial charge is 0.475 e. The molecule has 0 radical (unpaired) electrons. The lowest BCUT2D eigenvalue weighted by Gasteiger charge is -2.08. The van der Waals surface area contributed by atoms with E-state index in [4.69, 9.17) is 15.6 Å². The summed E-state index contributed by atoms with van der Waals surface area (Å²) in [6.45, 7) is -0.357. The summed E-state index contributed by atoms with van der Waals surface area (Å²) in [5, 5.41) is 13.2. The van der Waals surface area contributed by atoms with Gasteiger partial charge in [-0.05, 0) is 24.3 Å². The number of carboxylic acid groups (broad SMARTS) is 1. The highest BCUT2D eigenvalue weighted by molar-refractivity contribution is 7.90. The SMILES string of the molecule is CS(=O)(=O)c1ccc(-c2ccc(-n3c(CC(CN)=C(F)F)n[nH]c3=O)cn2)cc1.O=C(O)C(F)(F)F. The predicted molar refractivity (Wildman–Crippen MR) is 116 cm³/mol. The zero-order valence-corrected chi connectivity index (χ0v) is 19.1. The highest BCUT2D eigenvalue weighted by Gasteiger charge is 2.38. The third kappa shape index (κ3) is 7.29. The van der Waals surface area contributed by atoms with Crippen molar-refractivity contribution in [2.75, 3.05) is 12.8 Å². The highest BCUT2D eigenvalue weighted by atomic mass is 32.2. The number of alkyl halides is 3. The maximum absolute atomic E-state index is 12.9. The number of hydrogen-bond donors (Lipinski definition) is 3. The summed E-state index contributed by atoms with van der Waals surface area (Å²) in [7, 11) is -3.30. The molecule has 0 aliphatic rings. The largest absolute Gasteiger partial charge is 0.490 e. The van der Waals surface area contributed by atoms with Gasteiger partial charge in [-0.25, -0.2) is 27.7 Å². The van der Waals surface area contributed by atoms with Gasteiger partial charge in [0, 0.05) is 30.4 Å². The quantitative estimate of drug-likeness (QED) is 0.405. The van der Waals surface area contributed by atoms with Crippen LogP contribution in [0.2, 0.25) is 0 Å². The molecule has 0 fully saturated rings. The van der Waals surface area contributed by atoms with Crippen LogP contribution in [-0.2, 0) is 21.1 Å². The third-order valence-corrected chi connectivity index (χ3v) is 5.58. The number of H-pyrrole nitrogens is 1. The number of carboxylic acids is 1. The van der Waals surface area contributed by atoms with Crippen molar-refractivity contribution in [1.82, 2.24) is 19.7 Å². The standard InChI is InChI=1S/C18H17F2N5O3S.C2HF3O2/c1-29(27,28)14-5-2-11(3-6-14)15-7-4-13(10-22-15)25-16(23-24-18(25)26)8-12(9-21)17(19)20;3-2(4,5)1(6)7/h2-7,10H,8-9,21H2,1H3,(H,24,26);(H,6,7). The van der Waals surface area contributed by atoms with Crippen molar-refractivity contribution in [2.45, 2.75) is 17.5 Å². The first-order chi connectivity index (χ1) is 16.6. The Bertz CT molecular complexity index is 1410. The van der Waals surface area contributed by atoms with Crippen LogP contribution < -0.4 is 11.4 Å². The summed E-state index contributed by atoms with van der Waals surface area (Å²) in [5.41, 5.74) is 5.97. The molecular weight excluding hydrogens is 517 g/mol. The van der Waals surface area contributed by atoms with Gasteiger partial charge in [0.1, 0.15) is 5.82 Å². The number of nitrogens with one attached hydrogen (secondary N) is 1. The molecule has 3 aromatic rings. The Kier molecular flexibility index (Phi) is 8.82. The highest BCUT2D eigenvalue weighted by Crippen LogP contribution is 2.21. The number of carbonyl (C=O) groups is 1. The van der Waals surface area contributed by atoms with Crippen LogP contribution in [0.25, 0.3) is 16.9 Å². The number of benzene rings is 1. The Balaban J connectivity index is 0.000000572. The molecule has 0 aliphatic carbocycles. The van der Waals surface area contributed by atoms with Crippen molar-refractivity contribution in [3.05, 3.63) is 70.6 Å². The summed E-state index contributed by atoms with van der Waals surface area (Å²) < 4.78 is 81.8. The molecule has 0 amide bonds. The molecule has 2 heterocycles. The molecule has 0 saturated carbocycles. The number of hydrogen-bond acceptors (Lipinski definition) is 7. The molecule has 10 nitrogen and oxygen atoms in total. The van der Waals surface area contributed by atoms with E-state index in [2.05, 4.69) is 15.2 Å². The van der Waals surface area contributed by atoms with Crippen LogP contribution in [0.15, 0.2) is 63.9 Å². The minimum atomic E-state index is -5.08. The molecule has 0 unspecified atom stereocenters. The van der Waals surface area contributed by atoms with Crippen LogP contribution in [-0.4, -0.2) is 58.2 Å². The van der Waals surface area contributed by atoms with Gasteiger partial charge in [0.05, 0.1) is 22.5 Å². The first-order valence-corrected chi connectivity index (χ1v) is 11.5. The molecule has 3 rings (SSSR count). The minimum Gasteiger partial charge on any atom is -0.475 e. The van der Waals surface area contributed by atoms with E-state index in [-0.39, 0.29) is 29.3 Å². The first kappa shape index (κ1) is 28.3. The van der Waals surface area contributed by atoms with Crippen molar-refractivity contribution >= 4 is 15.8 Å². The number of pyridine rings is 1. The van der Waals surface area contributed by atoms with Gasteiger partial charge >= 0.3 is 17.8 Å². The molecule has 0 aliphatic heterocycles. The fourth-order valence-electron chi connectivity index (χ4n) is 2.68. The molecule has 2 aromatic heterocycles. The van der Waals surface area contributed by atoms with Crippen molar-refractivity contribution in [3.63, 3.8) is 0 Å². The zero-order chi connectivity index (χ0) is 27.3. The monoisotopic (exact) mass is 535 g/mol. The Labute approximate surface area is 199 Å². The number of nitrogens with zero attached hydrogens (tertiary/aromatic N) is 3. The minimum absolute atomic E-state index is 0.0790. The zero-order valence-electron chi connectivity index (χ0n) is 18.3. The van der Waals surface area contributed by atoms with Crippen LogP contribution >= 0.6 is 0 Å². The van der Waals surface area contributed by atoms with Gasteiger partial charge in [0.2, 0.25) is 0 Å². The summed E-state index contributed by atoms with van der Waals surface area (Å²) in [5.74, 6) is -2.68. The lowest BCUT2D eigenvalue weighted by Crippen LogP contribution is -2.21. The number of sulfone groups is 1. The van der Waals surface area contributed by atoms with Crippen molar-refractivity contribution in [2.24, 2.45) is 5.73 Å². The topological polar surface area (TPSA) is 161 Å². The number of aliphatic carboxylic acids is 1. The van der Waals surface area contributed by atoms with Gasteiger partial charge in [-0.3, -0.25) is 4.98 Å². The molecule has 16 heteroatoms. The predicted octanol–water partition coefficient (Wildman–Crippen LogP) is 2.31. The number of rotatable bonds is 6. The first-order valence-electron chi connectivity index (χ1n) is 9.61. The van der Waals surface area contributed by atoms with E-state index in [1.165, 1.54) is 18.3 Å². The normalized spacial score (nSPS) is 11.4. The summed E-state index contributed by atoms with van der Waals surface area (Å²) in [6, 6.07) is 9.41. The van der Waals surface area contributed by atoms with Crippen LogP contribution in [0.4, 0.5) is 22.0 Å². The maximum atomic E-state index is 12.9. The molecule has 194 valence electrons. The van der Waals surface area contributed by atoms with Gasteiger partial charge in [-0.2, -0.15) is 27.1 Å². The van der Waals surface area contributed by atoms with Gasteiger partial charge in [-0.15, -0.1) is 0 Å². The van der Waals surface area contributed by atoms with E-state index in [1.54, 1.807) is 24.3 Å².